The molecule has 0 saturated heterocycles. The third-order valence-electron chi connectivity index (χ3n) is 3.05. The maximum absolute atomic E-state index is 12.4. The Bertz CT molecular complexity index is 706. The summed E-state index contributed by atoms with van der Waals surface area (Å²) < 4.78 is 2.44. The summed E-state index contributed by atoms with van der Waals surface area (Å²) in [5.74, 6) is 0.634. The van der Waals surface area contributed by atoms with E-state index >= 15 is 0 Å². The van der Waals surface area contributed by atoms with E-state index in [1.165, 1.54) is 0 Å². The molecule has 118 valence electrons. The van der Waals surface area contributed by atoms with Crippen molar-refractivity contribution < 1.29 is 4.79 Å². The van der Waals surface area contributed by atoms with Crippen molar-refractivity contribution in [3.8, 4) is 0 Å². The number of carbonyl (C=O) groups is 1. The van der Waals surface area contributed by atoms with Crippen LogP contribution in [-0.4, -0.2) is 25.9 Å². The number of aromatic amines is 1. The lowest BCUT2D eigenvalue weighted by molar-refractivity contribution is 0.0946. The summed E-state index contributed by atoms with van der Waals surface area (Å²) in [6.45, 7) is 7.28. The molecule has 0 aliphatic carbocycles. The number of rotatable bonds is 6. The first-order valence-corrected chi connectivity index (χ1v) is 8.49. The monoisotopic (exact) mass is 336 g/mol. The van der Waals surface area contributed by atoms with Crippen LogP contribution in [0.5, 0.6) is 0 Å². The van der Waals surface area contributed by atoms with Crippen LogP contribution < -0.4 is 5.32 Å². The molecule has 0 saturated carbocycles. The summed E-state index contributed by atoms with van der Waals surface area (Å²) in [4.78, 5) is 13.4. The molecule has 0 unspecified atom stereocenters. The van der Waals surface area contributed by atoms with Gasteiger partial charge in [0.15, 0.2) is 10.6 Å². The summed E-state index contributed by atoms with van der Waals surface area (Å²) in [5.41, 5.74) is 0.693. The summed E-state index contributed by atoms with van der Waals surface area (Å²) in [6, 6.07) is 7.64. The van der Waals surface area contributed by atoms with E-state index in [0.29, 0.717) is 22.1 Å². The Morgan fingerprint density at radius 3 is 2.86 bits per heavy atom. The predicted molar refractivity (Wildman–Crippen MR) is 91.7 cm³/mol. The molecule has 2 aromatic rings. The first kappa shape index (κ1) is 16.8. The van der Waals surface area contributed by atoms with Gasteiger partial charge in [-0.05, 0) is 31.3 Å². The van der Waals surface area contributed by atoms with Crippen molar-refractivity contribution >= 4 is 29.9 Å². The standard InChI is InChI=1S/C15H20N4OS2/c1-4-19-13(17-18-15(19)21)9-16-14(20)11-7-5-6-8-12(11)22-10(2)3/h5-8,10H,4,9H2,1-3H3,(H,16,20)(H,18,21). The Labute approximate surface area is 139 Å². The fourth-order valence-corrected chi connectivity index (χ4v) is 3.31. The molecule has 2 N–H and O–H groups in total. The van der Waals surface area contributed by atoms with Crippen LogP contribution in [0.1, 0.15) is 37.0 Å². The van der Waals surface area contributed by atoms with Gasteiger partial charge in [0, 0.05) is 16.7 Å². The maximum Gasteiger partial charge on any atom is 0.252 e. The minimum atomic E-state index is -0.0969. The van der Waals surface area contributed by atoms with E-state index in [9.17, 15) is 4.79 Å². The zero-order valence-corrected chi connectivity index (χ0v) is 14.6. The summed E-state index contributed by atoms with van der Waals surface area (Å²) in [5, 5.41) is 10.2. The molecule has 0 bridgehead atoms. The zero-order chi connectivity index (χ0) is 16.1. The highest BCUT2D eigenvalue weighted by Gasteiger charge is 2.13. The third-order valence-corrected chi connectivity index (χ3v) is 4.45. The average molecular weight is 336 g/mol. The van der Waals surface area contributed by atoms with Crippen LogP contribution in [0.3, 0.4) is 0 Å². The number of amides is 1. The molecule has 1 aromatic heterocycles. The van der Waals surface area contributed by atoms with Gasteiger partial charge in [-0.15, -0.1) is 11.8 Å². The van der Waals surface area contributed by atoms with Crippen molar-refractivity contribution in [3.05, 3.63) is 40.4 Å². The van der Waals surface area contributed by atoms with Gasteiger partial charge in [0.1, 0.15) is 0 Å². The van der Waals surface area contributed by atoms with Gasteiger partial charge in [-0.2, -0.15) is 5.10 Å². The molecule has 5 nitrogen and oxygen atoms in total. The summed E-state index contributed by atoms with van der Waals surface area (Å²) >= 11 is 6.82. The largest absolute Gasteiger partial charge is 0.345 e. The molecule has 0 spiro atoms. The molecule has 1 heterocycles. The minimum Gasteiger partial charge on any atom is -0.345 e. The van der Waals surface area contributed by atoms with Crippen LogP contribution >= 0.6 is 24.0 Å². The van der Waals surface area contributed by atoms with Crippen LogP contribution in [0, 0.1) is 4.77 Å². The van der Waals surface area contributed by atoms with Gasteiger partial charge < -0.3 is 9.88 Å². The molecule has 1 amide bonds. The quantitative estimate of drug-likeness (QED) is 0.627. The zero-order valence-electron chi connectivity index (χ0n) is 12.9. The van der Waals surface area contributed by atoms with Crippen molar-refractivity contribution in [1.82, 2.24) is 20.1 Å². The minimum absolute atomic E-state index is 0.0969. The molecular weight excluding hydrogens is 316 g/mol. The molecule has 22 heavy (non-hydrogen) atoms. The average Bonchev–Trinajstić information content (AvgIpc) is 2.84. The number of aromatic nitrogens is 3. The molecular formula is C15H20N4OS2. The van der Waals surface area contributed by atoms with Crippen molar-refractivity contribution in [2.24, 2.45) is 0 Å². The number of thioether (sulfide) groups is 1. The van der Waals surface area contributed by atoms with Gasteiger partial charge in [0.2, 0.25) is 0 Å². The van der Waals surface area contributed by atoms with E-state index in [2.05, 4.69) is 29.4 Å². The first-order chi connectivity index (χ1) is 10.5. The Morgan fingerprint density at radius 2 is 2.18 bits per heavy atom. The number of hydrogen-bond donors (Lipinski definition) is 2. The fourth-order valence-electron chi connectivity index (χ4n) is 2.08. The van der Waals surface area contributed by atoms with Crippen LogP contribution in [0.15, 0.2) is 29.2 Å². The number of hydrogen-bond acceptors (Lipinski definition) is 4. The normalized spacial score (nSPS) is 10.9. The molecule has 0 aliphatic heterocycles. The molecule has 0 atom stereocenters. The van der Waals surface area contributed by atoms with Crippen LogP contribution in [0.2, 0.25) is 0 Å². The number of nitrogens with one attached hydrogen (secondary N) is 2. The Kier molecular flexibility index (Phi) is 5.79. The maximum atomic E-state index is 12.4. The van der Waals surface area contributed by atoms with Gasteiger partial charge in [0.05, 0.1) is 12.1 Å². The second kappa shape index (κ2) is 7.60. The molecule has 7 heteroatoms. The van der Waals surface area contributed by atoms with Crippen LogP contribution in [-0.2, 0) is 13.1 Å². The van der Waals surface area contributed by atoms with E-state index in [1.807, 2.05) is 35.8 Å². The fraction of sp³-hybridized carbons (Fsp3) is 0.400. The molecule has 2 rings (SSSR count). The van der Waals surface area contributed by atoms with Crippen LogP contribution in [0.4, 0.5) is 0 Å². The van der Waals surface area contributed by atoms with Crippen molar-refractivity contribution in [2.45, 2.75) is 44.0 Å². The van der Waals surface area contributed by atoms with E-state index in [-0.39, 0.29) is 5.91 Å². The smallest absolute Gasteiger partial charge is 0.252 e. The lowest BCUT2D eigenvalue weighted by atomic mass is 10.2. The number of carbonyl (C=O) groups excluding carboxylic acids is 1. The van der Waals surface area contributed by atoms with E-state index in [4.69, 9.17) is 12.2 Å². The molecule has 0 radical (unpaired) electrons. The number of H-pyrrole nitrogens is 1. The Morgan fingerprint density at radius 1 is 1.45 bits per heavy atom. The van der Waals surface area contributed by atoms with Crippen molar-refractivity contribution in [2.75, 3.05) is 0 Å². The van der Waals surface area contributed by atoms with E-state index < -0.39 is 0 Å². The third kappa shape index (κ3) is 3.98. The van der Waals surface area contributed by atoms with Crippen molar-refractivity contribution in [1.29, 1.82) is 0 Å². The van der Waals surface area contributed by atoms with E-state index in [1.54, 1.807) is 11.8 Å². The molecule has 0 aliphatic rings. The topological polar surface area (TPSA) is 62.7 Å². The summed E-state index contributed by atoms with van der Waals surface area (Å²) in [7, 11) is 0. The van der Waals surface area contributed by atoms with Gasteiger partial charge in [-0.25, -0.2) is 0 Å². The highest BCUT2D eigenvalue weighted by molar-refractivity contribution is 8.00. The summed E-state index contributed by atoms with van der Waals surface area (Å²) in [6.07, 6.45) is 0. The Hall–Kier alpha value is -1.60. The van der Waals surface area contributed by atoms with Gasteiger partial charge >= 0.3 is 0 Å². The van der Waals surface area contributed by atoms with E-state index in [0.717, 1.165) is 17.3 Å². The SMILES string of the molecule is CCn1c(CNC(=O)c2ccccc2SC(C)C)n[nH]c1=S. The van der Waals surface area contributed by atoms with Crippen LogP contribution in [0.25, 0.3) is 0 Å². The number of nitrogens with zero attached hydrogens (tertiary/aromatic N) is 2. The van der Waals surface area contributed by atoms with Gasteiger partial charge in [0.25, 0.3) is 5.91 Å². The first-order valence-electron chi connectivity index (χ1n) is 7.20. The molecule has 1 aromatic carbocycles. The Balaban J connectivity index is 2.11. The van der Waals surface area contributed by atoms with Gasteiger partial charge in [-0.1, -0.05) is 26.0 Å². The second-order valence-corrected chi connectivity index (χ2v) is 7.04. The second-order valence-electron chi connectivity index (χ2n) is 5.03. The van der Waals surface area contributed by atoms with Crippen molar-refractivity contribution in [3.63, 3.8) is 0 Å². The van der Waals surface area contributed by atoms with Gasteiger partial charge in [-0.3, -0.25) is 9.89 Å². The lowest BCUT2D eigenvalue weighted by Gasteiger charge is -2.11. The predicted octanol–water partition coefficient (Wildman–Crippen LogP) is 3.39. The lowest BCUT2D eigenvalue weighted by Crippen LogP contribution is -2.25. The molecule has 0 fully saturated rings. The highest BCUT2D eigenvalue weighted by Crippen LogP contribution is 2.26. The highest BCUT2D eigenvalue weighted by atomic mass is 32.2. The number of benzene rings is 1.